The molecule has 0 fully saturated rings. The van der Waals surface area contributed by atoms with Gasteiger partial charge in [-0.3, -0.25) is 4.98 Å². The molecule has 100 valence electrons. The van der Waals surface area contributed by atoms with Crippen molar-refractivity contribution >= 4 is 0 Å². The normalized spacial score (nSPS) is 20.8. The van der Waals surface area contributed by atoms with Gasteiger partial charge in [-0.15, -0.1) is 0 Å². The molecule has 0 amide bonds. The molecule has 0 radical (unpaired) electrons. The van der Waals surface area contributed by atoms with Crippen LogP contribution in [0.5, 0.6) is 0 Å². The smallest absolute Gasteiger partial charge is 0.0482 e. The van der Waals surface area contributed by atoms with Gasteiger partial charge in [0.25, 0.3) is 0 Å². The SMILES string of the molecule is CCNC(CC(C)(C)C)C1CCc2cccnc21. The van der Waals surface area contributed by atoms with Crippen LogP contribution in [-0.4, -0.2) is 17.6 Å². The monoisotopic (exact) mass is 246 g/mol. The highest BCUT2D eigenvalue weighted by Crippen LogP contribution is 2.37. The van der Waals surface area contributed by atoms with Crippen molar-refractivity contribution < 1.29 is 0 Å². The van der Waals surface area contributed by atoms with Crippen molar-refractivity contribution in [2.24, 2.45) is 5.41 Å². The minimum absolute atomic E-state index is 0.365. The molecule has 0 aliphatic heterocycles. The zero-order chi connectivity index (χ0) is 13.2. The summed E-state index contributed by atoms with van der Waals surface area (Å²) in [6, 6.07) is 4.86. The molecule has 0 spiro atoms. The number of likely N-dealkylation sites (N-methyl/N-ethyl adjacent to an activating group) is 1. The summed E-state index contributed by atoms with van der Waals surface area (Å²) in [5, 5.41) is 3.68. The number of fused-ring (bicyclic) bond motifs is 1. The van der Waals surface area contributed by atoms with Crippen LogP contribution < -0.4 is 5.32 Å². The first-order chi connectivity index (χ1) is 8.51. The first-order valence-electron chi connectivity index (χ1n) is 7.18. The Hall–Kier alpha value is -0.890. The Bertz CT molecular complexity index is 392. The zero-order valence-electron chi connectivity index (χ0n) is 12.2. The molecule has 0 aromatic carbocycles. The fourth-order valence-corrected chi connectivity index (χ4v) is 3.11. The van der Waals surface area contributed by atoms with Crippen molar-refractivity contribution in [1.29, 1.82) is 0 Å². The lowest BCUT2D eigenvalue weighted by Crippen LogP contribution is -2.37. The molecule has 2 atom stereocenters. The largest absolute Gasteiger partial charge is 0.314 e. The Morgan fingerprint density at radius 2 is 2.22 bits per heavy atom. The first-order valence-corrected chi connectivity index (χ1v) is 7.18. The van der Waals surface area contributed by atoms with Crippen LogP contribution in [0.25, 0.3) is 0 Å². The maximum absolute atomic E-state index is 4.63. The molecule has 2 nitrogen and oxygen atoms in total. The van der Waals surface area contributed by atoms with E-state index < -0.39 is 0 Å². The zero-order valence-corrected chi connectivity index (χ0v) is 12.2. The molecule has 2 heteroatoms. The highest BCUT2D eigenvalue weighted by atomic mass is 14.9. The lowest BCUT2D eigenvalue weighted by Gasteiger charge is -2.31. The van der Waals surface area contributed by atoms with Crippen LogP contribution in [0.1, 0.15) is 57.7 Å². The van der Waals surface area contributed by atoms with E-state index in [4.69, 9.17) is 0 Å². The van der Waals surface area contributed by atoms with Crippen molar-refractivity contribution in [2.45, 2.75) is 58.9 Å². The lowest BCUT2D eigenvalue weighted by atomic mass is 9.82. The van der Waals surface area contributed by atoms with E-state index in [9.17, 15) is 0 Å². The van der Waals surface area contributed by atoms with Gasteiger partial charge in [0.15, 0.2) is 0 Å². The maximum atomic E-state index is 4.63. The van der Waals surface area contributed by atoms with Gasteiger partial charge in [-0.05, 0) is 42.9 Å². The summed E-state index contributed by atoms with van der Waals surface area (Å²) in [4.78, 5) is 4.63. The van der Waals surface area contributed by atoms with Crippen LogP contribution in [0.4, 0.5) is 0 Å². The Morgan fingerprint density at radius 1 is 1.44 bits per heavy atom. The summed E-state index contributed by atoms with van der Waals surface area (Å²) in [5.74, 6) is 0.598. The van der Waals surface area contributed by atoms with E-state index in [-0.39, 0.29) is 0 Å². The van der Waals surface area contributed by atoms with E-state index in [2.05, 4.69) is 50.1 Å². The Morgan fingerprint density at radius 3 is 2.89 bits per heavy atom. The van der Waals surface area contributed by atoms with E-state index in [0.29, 0.717) is 17.4 Å². The third kappa shape index (κ3) is 3.11. The van der Waals surface area contributed by atoms with Crippen molar-refractivity contribution in [2.75, 3.05) is 6.54 Å². The number of nitrogens with one attached hydrogen (secondary N) is 1. The summed E-state index contributed by atoms with van der Waals surface area (Å²) < 4.78 is 0. The molecule has 0 bridgehead atoms. The van der Waals surface area contributed by atoms with E-state index >= 15 is 0 Å². The average molecular weight is 246 g/mol. The number of nitrogens with zero attached hydrogens (tertiary/aromatic N) is 1. The van der Waals surface area contributed by atoms with Crippen molar-refractivity contribution in [3.63, 3.8) is 0 Å². The summed E-state index contributed by atoms with van der Waals surface area (Å²) in [6.45, 7) is 10.2. The van der Waals surface area contributed by atoms with Gasteiger partial charge in [-0.2, -0.15) is 0 Å². The van der Waals surface area contributed by atoms with Gasteiger partial charge in [-0.1, -0.05) is 33.8 Å². The van der Waals surface area contributed by atoms with Crippen molar-refractivity contribution in [3.05, 3.63) is 29.6 Å². The molecule has 0 saturated carbocycles. The van der Waals surface area contributed by atoms with E-state index in [1.807, 2.05) is 6.20 Å². The van der Waals surface area contributed by atoms with Crippen molar-refractivity contribution in [1.82, 2.24) is 10.3 Å². The molecule has 1 heterocycles. The molecule has 1 aliphatic carbocycles. The molecular weight excluding hydrogens is 220 g/mol. The molecule has 1 aromatic rings. The lowest BCUT2D eigenvalue weighted by molar-refractivity contribution is 0.280. The molecule has 18 heavy (non-hydrogen) atoms. The van der Waals surface area contributed by atoms with Gasteiger partial charge in [-0.25, -0.2) is 0 Å². The quantitative estimate of drug-likeness (QED) is 0.879. The molecular formula is C16H26N2. The second-order valence-corrected chi connectivity index (χ2v) is 6.62. The molecule has 2 unspecified atom stereocenters. The average Bonchev–Trinajstić information content (AvgIpc) is 2.70. The highest BCUT2D eigenvalue weighted by molar-refractivity contribution is 5.30. The molecule has 1 N–H and O–H groups in total. The van der Waals surface area contributed by atoms with Crippen LogP contribution in [0.15, 0.2) is 18.3 Å². The molecule has 1 aromatic heterocycles. The fourth-order valence-electron chi connectivity index (χ4n) is 3.11. The van der Waals surface area contributed by atoms with Gasteiger partial charge >= 0.3 is 0 Å². The predicted molar refractivity (Wildman–Crippen MR) is 76.8 cm³/mol. The maximum Gasteiger partial charge on any atom is 0.0482 e. The third-order valence-electron chi connectivity index (χ3n) is 3.79. The Balaban J connectivity index is 2.18. The number of hydrogen-bond acceptors (Lipinski definition) is 2. The molecule has 0 saturated heterocycles. The van der Waals surface area contributed by atoms with Gasteiger partial charge in [0.05, 0.1) is 0 Å². The van der Waals surface area contributed by atoms with E-state index in [0.717, 1.165) is 6.54 Å². The summed E-state index contributed by atoms with van der Waals surface area (Å²) in [6.07, 6.45) is 5.60. The van der Waals surface area contributed by atoms with Crippen LogP contribution in [-0.2, 0) is 6.42 Å². The van der Waals surface area contributed by atoms with E-state index in [1.165, 1.54) is 30.5 Å². The van der Waals surface area contributed by atoms with Crippen LogP contribution in [0, 0.1) is 5.41 Å². The third-order valence-corrected chi connectivity index (χ3v) is 3.79. The van der Waals surface area contributed by atoms with Crippen LogP contribution in [0.3, 0.4) is 0 Å². The van der Waals surface area contributed by atoms with Crippen molar-refractivity contribution in [3.8, 4) is 0 Å². The van der Waals surface area contributed by atoms with E-state index in [1.54, 1.807) is 0 Å². The number of aryl methyl sites for hydroxylation is 1. The van der Waals surface area contributed by atoms with Gasteiger partial charge in [0.1, 0.15) is 0 Å². The van der Waals surface area contributed by atoms with Crippen LogP contribution >= 0.6 is 0 Å². The Kier molecular flexibility index (Phi) is 4.06. The fraction of sp³-hybridized carbons (Fsp3) is 0.688. The number of hydrogen-bond donors (Lipinski definition) is 1. The second-order valence-electron chi connectivity index (χ2n) is 6.62. The predicted octanol–water partition coefficient (Wildman–Crippen LogP) is 3.53. The highest BCUT2D eigenvalue weighted by Gasteiger charge is 2.32. The number of rotatable bonds is 4. The number of pyridine rings is 1. The Labute approximate surface area is 111 Å². The molecule has 1 aliphatic rings. The van der Waals surface area contributed by atoms with Gasteiger partial charge < -0.3 is 5.32 Å². The van der Waals surface area contributed by atoms with Gasteiger partial charge in [0.2, 0.25) is 0 Å². The van der Waals surface area contributed by atoms with Gasteiger partial charge in [0, 0.05) is 23.9 Å². The summed E-state index contributed by atoms with van der Waals surface area (Å²) >= 11 is 0. The summed E-state index contributed by atoms with van der Waals surface area (Å²) in [5.41, 5.74) is 3.16. The second kappa shape index (κ2) is 5.40. The minimum atomic E-state index is 0.365. The summed E-state index contributed by atoms with van der Waals surface area (Å²) in [7, 11) is 0. The van der Waals surface area contributed by atoms with Crippen LogP contribution in [0.2, 0.25) is 0 Å². The first kappa shape index (κ1) is 13.5. The topological polar surface area (TPSA) is 24.9 Å². The molecule has 2 rings (SSSR count). The number of aromatic nitrogens is 1. The minimum Gasteiger partial charge on any atom is -0.314 e. The standard InChI is InChI=1S/C16H26N2/c1-5-17-14(11-16(2,3)4)13-9-8-12-7-6-10-18-15(12)13/h6-7,10,13-14,17H,5,8-9,11H2,1-4H3.